The molecule has 9 heteroatoms. The number of amides is 1. The van der Waals surface area contributed by atoms with Crippen molar-refractivity contribution in [2.24, 2.45) is 0 Å². The minimum atomic E-state index is -0.0266. The lowest BCUT2D eigenvalue weighted by Crippen LogP contribution is -2.48. The number of piperazine rings is 1. The van der Waals surface area contributed by atoms with Crippen LogP contribution >= 0.6 is 0 Å². The smallest absolute Gasteiger partial charge is 0.259 e. The number of aromatic nitrogens is 4. The SMILES string of the molecule is CCN(CC)C(=O)c1c(N2CCN(CCO)CC2)c2cccnc2n2c(C(C)C)nnc12. The van der Waals surface area contributed by atoms with E-state index in [0.717, 1.165) is 48.7 Å². The van der Waals surface area contributed by atoms with E-state index < -0.39 is 0 Å². The van der Waals surface area contributed by atoms with E-state index in [1.165, 1.54) is 0 Å². The van der Waals surface area contributed by atoms with Gasteiger partial charge in [-0.3, -0.25) is 14.1 Å². The lowest BCUT2D eigenvalue weighted by atomic mass is 10.1. The molecule has 9 nitrogen and oxygen atoms in total. The van der Waals surface area contributed by atoms with Gasteiger partial charge in [-0.05, 0) is 26.0 Å². The van der Waals surface area contributed by atoms with Gasteiger partial charge in [0.2, 0.25) is 0 Å². The third-order valence-electron chi connectivity index (χ3n) is 6.29. The molecule has 172 valence electrons. The van der Waals surface area contributed by atoms with Gasteiger partial charge in [0.15, 0.2) is 5.65 Å². The first-order chi connectivity index (χ1) is 15.5. The number of fused-ring (bicyclic) bond motifs is 3. The van der Waals surface area contributed by atoms with Crippen LogP contribution in [0, 0.1) is 0 Å². The molecule has 0 bridgehead atoms. The molecule has 32 heavy (non-hydrogen) atoms. The second-order valence-electron chi connectivity index (χ2n) is 8.50. The Bertz CT molecular complexity index is 1100. The Labute approximate surface area is 188 Å². The largest absolute Gasteiger partial charge is 0.395 e. The normalized spacial score (nSPS) is 15.2. The maximum absolute atomic E-state index is 13.8. The van der Waals surface area contributed by atoms with Crippen molar-refractivity contribution in [3.8, 4) is 0 Å². The zero-order valence-electron chi connectivity index (χ0n) is 19.5. The van der Waals surface area contributed by atoms with E-state index in [1.54, 1.807) is 6.20 Å². The van der Waals surface area contributed by atoms with Gasteiger partial charge in [-0.15, -0.1) is 10.2 Å². The van der Waals surface area contributed by atoms with Crippen LogP contribution in [0.3, 0.4) is 0 Å². The zero-order valence-corrected chi connectivity index (χ0v) is 19.5. The Balaban J connectivity index is 1.98. The van der Waals surface area contributed by atoms with Crippen LogP contribution in [0.2, 0.25) is 0 Å². The second-order valence-corrected chi connectivity index (χ2v) is 8.50. The van der Waals surface area contributed by atoms with Gasteiger partial charge in [-0.2, -0.15) is 0 Å². The molecule has 3 aromatic heterocycles. The van der Waals surface area contributed by atoms with Gasteiger partial charge in [-0.1, -0.05) is 13.8 Å². The van der Waals surface area contributed by atoms with Gasteiger partial charge in [-0.25, -0.2) is 4.98 Å². The van der Waals surface area contributed by atoms with Crippen molar-refractivity contribution < 1.29 is 9.90 Å². The van der Waals surface area contributed by atoms with Crippen LogP contribution in [0.5, 0.6) is 0 Å². The molecule has 1 amide bonds. The standard InChI is InChI=1S/C23H33N7O2/c1-5-28(6-2)23(32)18-19(29-12-10-27(11-13-29)14-15-31)17-8-7-9-24-21(17)30-20(16(3)4)25-26-22(18)30/h7-9,16,31H,5-6,10-15H2,1-4H3. The summed E-state index contributed by atoms with van der Waals surface area (Å²) < 4.78 is 1.96. The predicted molar refractivity (Wildman–Crippen MR) is 125 cm³/mol. The molecule has 4 rings (SSSR count). The first kappa shape index (κ1) is 22.4. The summed E-state index contributed by atoms with van der Waals surface area (Å²) in [4.78, 5) is 24.9. The van der Waals surface area contributed by atoms with Crippen molar-refractivity contribution in [2.75, 3.05) is 57.3 Å². The molecule has 1 saturated heterocycles. The fourth-order valence-corrected chi connectivity index (χ4v) is 4.57. The molecular formula is C23H33N7O2. The van der Waals surface area contributed by atoms with Crippen LogP contribution < -0.4 is 4.90 Å². The number of anilines is 1. The Morgan fingerprint density at radius 1 is 1.12 bits per heavy atom. The van der Waals surface area contributed by atoms with Gasteiger partial charge >= 0.3 is 0 Å². The van der Waals surface area contributed by atoms with E-state index in [4.69, 9.17) is 4.98 Å². The maximum Gasteiger partial charge on any atom is 0.259 e. The third kappa shape index (κ3) is 3.80. The number of hydrogen-bond acceptors (Lipinski definition) is 7. The van der Waals surface area contributed by atoms with Crippen LogP contribution in [0.15, 0.2) is 18.3 Å². The lowest BCUT2D eigenvalue weighted by Gasteiger charge is -2.37. The van der Waals surface area contributed by atoms with Crippen molar-refractivity contribution >= 4 is 28.3 Å². The van der Waals surface area contributed by atoms with Crippen molar-refractivity contribution in [1.82, 2.24) is 29.4 Å². The molecule has 0 aliphatic carbocycles. The summed E-state index contributed by atoms with van der Waals surface area (Å²) in [5.41, 5.74) is 2.85. The number of aliphatic hydroxyl groups excluding tert-OH is 1. The summed E-state index contributed by atoms with van der Waals surface area (Å²) in [5, 5.41) is 19.2. The Kier molecular flexibility index (Phi) is 6.57. The van der Waals surface area contributed by atoms with Gasteiger partial charge in [0.05, 0.1) is 12.3 Å². The number of aliphatic hydroxyl groups is 1. The van der Waals surface area contributed by atoms with E-state index in [9.17, 15) is 9.90 Å². The molecule has 0 aromatic carbocycles. The number of hydrogen-bond donors (Lipinski definition) is 1. The molecule has 1 aliphatic heterocycles. The highest BCUT2D eigenvalue weighted by Gasteiger charge is 2.31. The minimum Gasteiger partial charge on any atom is -0.395 e. The molecule has 0 unspecified atom stereocenters. The summed E-state index contributed by atoms with van der Waals surface area (Å²) >= 11 is 0. The van der Waals surface area contributed by atoms with Gasteiger partial charge in [0.1, 0.15) is 17.0 Å². The summed E-state index contributed by atoms with van der Waals surface area (Å²) in [7, 11) is 0. The van der Waals surface area contributed by atoms with E-state index in [0.29, 0.717) is 30.8 Å². The maximum atomic E-state index is 13.8. The highest BCUT2D eigenvalue weighted by molar-refractivity contribution is 6.12. The molecule has 0 saturated carbocycles. The minimum absolute atomic E-state index is 0.0266. The van der Waals surface area contributed by atoms with Gasteiger partial charge in [0.25, 0.3) is 5.91 Å². The number of pyridine rings is 2. The van der Waals surface area contributed by atoms with Gasteiger partial charge in [0, 0.05) is 63.3 Å². The quantitative estimate of drug-likeness (QED) is 0.602. The number of nitrogens with zero attached hydrogens (tertiary/aromatic N) is 7. The molecule has 1 aliphatic rings. The predicted octanol–water partition coefficient (Wildman–Crippen LogP) is 2.00. The molecule has 0 atom stereocenters. The molecule has 1 N–H and O–H groups in total. The van der Waals surface area contributed by atoms with E-state index >= 15 is 0 Å². The first-order valence-electron chi connectivity index (χ1n) is 11.5. The van der Waals surface area contributed by atoms with Crippen molar-refractivity contribution in [3.05, 3.63) is 29.7 Å². The zero-order chi connectivity index (χ0) is 22.8. The van der Waals surface area contributed by atoms with E-state index in [2.05, 4.69) is 33.8 Å². The first-order valence-corrected chi connectivity index (χ1v) is 11.5. The highest BCUT2D eigenvalue weighted by Crippen LogP contribution is 2.35. The lowest BCUT2D eigenvalue weighted by molar-refractivity contribution is 0.0775. The van der Waals surface area contributed by atoms with E-state index in [1.807, 2.05) is 35.3 Å². The van der Waals surface area contributed by atoms with Crippen LogP contribution in [0.25, 0.3) is 16.7 Å². The highest BCUT2D eigenvalue weighted by atomic mass is 16.3. The Hall–Kier alpha value is -2.78. The molecule has 4 heterocycles. The molecule has 0 spiro atoms. The fourth-order valence-electron chi connectivity index (χ4n) is 4.57. The van der Waals surface area contributed by atoms with Crippen LogP contribution in [-0.4, -0.2) is 92.8 Å². The summed E-state index contributed by atoms with van der Waals surface area (Å²) in [6.07, 6.45) is 1.78. The van der Waals surface area contributed by atoms with Crippen LogP contribution in [0.1, 0.15) is 49.8 Å². The monoisotopic (exact) mass is 439 g/mol. The Morgan fingerprint density at radius 2 is 1.84 bits per heavy atom. The number of carbonyl (C=O) groups is 1. The number of carbonyl (C=O) groups excluding carboxylic acids is 1. The summed E-state index contributed by atoms with van der Waals surface area (Å²) in [6.45, 7) is 13.4. The molecule has 0 radical (unpaired) electrons. The second kappa shape index (κ2) is 9.38. The summed E-state index contributed by atoms with van der Waals surface area (Å²) in [5.74, 6) is 0.914. The Morgan fingerprint density at radius 3 is 2.47 bits per heavy atom. The molecule has 1 fully saturated rings. The average Bonchev–Trinajstić information content (AvgIpc) is 3.25. The van der Waals surface area contributed by atoms with Crippen LogP contribution in [0.4, 0.5) is 5.69 Å². The van der Waals surface area contributed by atoms with Crippen molar-refractivity contribution in [1.29, 1.82) is 0 Å². The molecule has 3 aromatic rings. The van der Waals surface area contributed by atoms with Crippen LogP contribution in [-0.2, 0) is 0 Å². The fraction of sp³-hybridized carbons (Fsp3) is 0.565. The third-order valence-corrected chi connectivity index (χ3v) is 6.29. The summed E-state index contributed by atoms with van der Waals surface area (Å²) in [6, 6.07) is 3.96. The molecular weight excluding hydrogens is 406 g/mol. The number of rotatable bonds is 7. The van der Waals surface area contributed by atoms with Gasteiger partial charge < -0.3 is 14.9 Å². The topological polar surface area (TPSA) is 90.1 Å². The van der Waals surface area contributed by atoms with Crippen molar-refractivity contribution in [3.63, 3.8) is 0 Å². The number of β-amino-alcohol motifs (C(OH)–C–C–N with tert-alkyl or cyclic N) is 1. The van der Waals surface area contributed by atoms with Crippen molar-refractivity contribution in [2.45, 2.75) is 33.6 Å². The average molecular weight is 440 g/mol. The van der Waals surface area contributed by atoms with E-state index in [-0.39, 0.29) is 18.4 Å².